The van der Waals surface area contributed by atoms with Crippen molar-refractivity contribution in [3.63, 3.8) is 0 Å². The Morgan fingerprint density at radius 1 is 1.08 bits per heavy atom. The highest BCUT2D eigenvalue weighted by Crippen LogP contribution is 2.37. The van der Waals surface area contributed by atoms with Crippen LogP contribution in [-0.4, -0.2) is 24.0 Å². The van der Waals surface area contributed by atoms with E-state index >= 15 is 0 Å². The molecule has 2 aromatic carbocycles. The second kappa shape index (κ2) is 12.9. The third-order valence-corrected chi connectivity index (χ3v) is 6.64. The maximum atomic E-state index is 13.3. The first-order chi connectivity index (χ1) is 16.9. The van der Waals surface area contributed by atoms with Gasteiger partial charge in [-0.3, -0.25) is 9.59 Å². The zero-order chi connectivity index (χ0) is 27.0. The molecule has 2 unspecified atom stereocenters. The molecule has 0 aliphatic carbocycles. The van der Waals surface area contributed by atoms with Crippen LogP contribution in [0.3, 0.4) is 0 Å². The van der Waals surface area contributed by atoms with Crippen LogP contribution in [0.1, 0.15) is 113 Å². The number of methoxy groups -OCH3 is 1. The third kappa shape index (κ3) is 7.82. The number of carbonyl (C=O) groups excluding carboxylic acids is 2. The van der Waals surface area contributed by atoms with E-state index in [2.05, 4.69) is 33.0 Å². The zero-order valence-corrected chi connectivity index (χ0v) is 23.0. The Balaban J connectivity index is 2.38. The van der Waals surface area contributed by atoms with E-state index in [0.29, 0.717) is 17.0 Å². The number of nitrogens with one attached hydrogen (secondary N) is 1. The summed E-state index contributed by atoms with van der Waals surface area (Å²) in [7, 11) is 1.62. The van der Waals surface area contributed by atoms with Gasteiger partial charge >= 0.3 is 0 Å². The van der Waals surface area contributed by atoms with Crippen molar-refractivity contribution in [1.82, 2.24) is 0 Å². The lowest BCUT2D eigenvalue weighted by Gasteiger charge is -2.25. The first kappa shape index (κ1) is 29.4. The molecule has 0 bridgehead atoms. The number of amides is 2. The smallest absolute Gasteiger partial charge is 0.248 e. The van der Waals surface area contributed by atoms with Crippen molar-refractivity contribution < 1.29 is 19.4 Å². The molecular formula is C30H44N2O4. The molecule has 2 rings (SSSR count). The first-order valence-electron chi connectivity index (χ1n) is 13.0. The maximum Gasteiger partial charge on any atom is 0.248 e. The molecular weight excluding hydrogens is 452 g/mol. The van der Waals surface area contributed by atoms with Gasteiger partial charge in [-0.2, -0.15) is 0 Å². The number of aliphatic hydroxyl groups is 1. The number of hydrogen-bond donors (Lipinski definition) is 3. The fraction of sp³-hybridized carbons (Fsp3) is 0.533. The molecule has 36 heavy (non-hydrogen) atoms. The van der Waals surface area contributed by atoms with Gasteiger partial charge in [0.2, 0.25) is 11.8 Å². The van der Waals surface area contributed by atoms with Crippen molar-refractivity contribution in [1.29, 1.82) is 0 Å². The van der Waals surface area contributed by atoms with Gasteiger partial charge in [0, 0.05) is 17.7 Å². The Kier molecular flexibility index (Phi) is 10.5. The van der Waals surface area contributed by atoms with Gasteiger partial charge in [-0.05, 0) is 58.6 Å². The topological polar surface area (TPSA) is 102 Å². The monoisotopic (exact) mass is 496 g/mol. The minimum atomic E-state index is -0.580. The Hall–Kier alpha value is -2.86. The van der Waals surface area contributed by atoms with E-state index in [0.717, 1.165) is 42.4 Å². The van der Waals surface area contributed by atoms with Gasteiger partial charge in [0.25, 0.3) is 0 Å². The zero-order valence-electron chi connectivity index (χ0n) is 23.0. The number of primary amides is 1. The van der Waals surface area contributed by atoms with Crippen LogP contribution in [0.15, 0.2) is 36.4 Å². The molecule has 198 valence electrons. The predicted molar refractivity (Wildman–Crippen MR) is 147 cm³/mol. The molecule has 4 N–H and O–H groups in total. The molecule has 6 heteroatoms. The van der Waals surface area contributed by atoms with E-state index in [1.807, 2.05) is 38.1 Å². The number of benzene rings is 2. The Bertz CT molecular complexity index is 1040. The molecule has 2 atom stereocenters. The normalized spacial score (nSPS) is 13.4. The van der Waals surface area contributed by atoms with Crippen molar-refractivity contribution in [2.75, 3.05) is 12.4 Å². The second-order valence-electron chi connectivity index (χ2n) is 11.0. The lowest BCUT2D eigenvalue weighted by atomic mass is 9.84. The van der Waals surface area contributed by atoms with Crippen molar-refractivity contribution in [3.05, 3.63) is 58.7 Å². The van der Waals surface area contributed by atoms with Crippen molar-refractivity contribution in [2.24, 2.45) is 11.7 Å². The number of unbranched alkanes of at least 4 members (excludes halogenated alkanes) is 2. The van der Waals surface area contributed by atoms with Crippen LogP contribution in [0.5, 0.6) is 5.75 Å². The van der Waals surface area contributed by atoms with Crippen LogP contribution in [0.2, 0.25) is 0 Å². The largest absolute Gasteiger partial charge is 0.496 e. The van der Waals surface area contributed by atoms with Gasteiger partial charge in [0.15, 0.2) is 0 Å². The molecule has 0 radical (unpaired) electrons. The Morgan fingerprint density at radius 2 is 1.78 bits per heavy atom. The van der Waals surface area contributed by atoms with Crippen molar-refractivity contribution >= 4 is 17.5 Å². The molecule has 6 nitrogen and oxygen atoms in total. The highest BCUT2D eigenvalue weighted by atomic mass is 16.5. The van der Waals surface area contributed by atoms with Crippen LogP contribution in [0, 0.1) is 5.92 Å². The summed E-state index contributed by atoms with van der Waals surface area (Å²) in [5.74, 6) is 0.0652. The van der Waals surface area contributed by atoms with Gasteiger partial charge in [0.05, 0.1) is 13.2 Å². The summed E-state index contributed by atoms with van der Waals surface area (Å²) in [6.45, 7) is 12.3. The summed E-state index contributed by atoms with van der Waals surface area (Å²) in [4.78, 5) is 25.1. The third-order valence-electron chi connectivity index (χ3n) is 6.64. The molecule has 0 aliphatic heterocycles. The van der Waals surface area contributed by atoms with E-state index in [-0.39, 0.29) is 29.6 Å². The lowest BCUT2D eigenvalue weighted by Crippen LogP contribution is -2.22. The summed E-state index contributed by atoms with van der Waals surface area (Å²) >= 11 is 0. The molecule has 0 aromatic heterocycles. The van der Waals surface area contributed by atoms with Crippen molar-refractivity contribution in [2.45, 2.75) is 91.1 Å². The fourth-order valence-electron chi connectivity index (χ4n) is 4.52. The summed E-state index contributed by atoms with van der Waals surface area (Å²) < 4.78 is 5.71. The number of anilines is 1. The van der Waals surface area contributed by atoms with E-state index < -0.39 is 12.0 Å². The quantitative estimate of drug-likeness (QED) is 0.293. The SMILES string of the molecule is CCCCCC(CC(=O)Nc1cc(C(N)=O)ccc1C(C)(C)C)c1ccc(C(O)C(C)C)cc1OC. The Labute approximate surface area is 216 Å². The number of nitrogens with two attached hydrogens (primary N) is 1. The minimum absolute atomic E-state index is 0.0471. The molecule has 0 aliphatic rings. The molecule has 0 saturated carbocycles. The van der Waals surface area contributed by atoms with Gasteiger partial charge in [0.1, 0.15) is 5.75 Å². The van der Waals surface area contributed by atoms with Gasteiger partial charge in [-0.15, -0.1) is 0 Å². The molecule has 0 spiro atoms. The Morgan fingerprint density at radius 3 is 2.33 bits per heavy atom. The molecule has 0 fully saturated rings. The van der Waals surface area contributed by atoms with E-state index in [1.165, 1.54) is 0 Å². The maximum absolute atomic E-state index is 13.3. The van der Waals surface area contributed by atoms with Gasteiger partial charge < -0.3 is 20.9 Å². The van der Waals surface area contributed by atoms with E-state index in [4.69, 9.17) is 10.5 Å². The molecule has 2 amide bonds. The van der Waals surface area contributed by atoms with Crippen LogP contribution in [0.4, 0.5) is 5.69 Å². The number of rotatable bonds is 12. The summed E-state index contributed by atoms with van der Waals surface area (Å²) in [5.41, 5.74) is 8.95. The minimum Gasteiger partial charge on any atom is -0.496 e. The van der Waals surface area contributed by atoms with Crippen LogP contribution in [0.25, 0.3) is 0 Å². The highest BCUT2D eigenvalue weighted by Gasteiger charge is 2.24. The van der Waals surface area contributed by atoms with Crippen LogP contribution in [-0.2, 0) is 10.2 Å². The molecule has 2 aromatic rings. The van der Waals surface area contributed by atoms with Crippen molar-refractivity contribution in [3.8, 4) is 5.75 Å². The van der Waals surface area contributed by atoms with E-state index in [9.17, 15) is 14.7 Å². The van der Waals surface area contributed by atoms with Crippen LogP contribution < -0.4 is 15.8 Å². The fourth-order valence-corrected chi connectivity index (χ4v) is 4.52. The summed E-state index contributed by atoms with van der Waals surface area (Å²) in [5, 5.41) is 13.6. The molecule has 0 saturated heterocycles. The van der Waals surface area contributed by atoms with Gasteiger partial charge in [-0.1, -0.05) is 79.0 Å². The second-order valence-corrected chi connectivity index (χ2v) is 11.0. The molecule has 0 heterocycles. The number of hydrogen-bond acceptors (Lipinski definition) is 4. The number of aliphatic hydroxyl groups excluding tert-OH is 1. The highest BCUT2D eigenvalue weighted by molar-refractivity contribution is 5.97. The predicted octanol–water partition coefficient (Wildman–Crippen LogP) is 6.47. The summed E-state index contributed by atoms with van der Waals surface area (Å²) in [6.07, 6.45) is 3.71. The van der Waals surface area contributed by atoms with E-state index in [1.54, 1.807) is 19.2 Å². The van der Waals surface area contributed by atoms with Gasteiger partial charge in [-0.25, -0.2) is 0 Å². The number of ether oxygens (including phenoxy) is 1. The van der Waals surface area contributed by atoms with Crippen LogP contribution >= 0.6 is 0 Å². The standard InChI is InChI=1S/C30H44N2O4/c1-8-9-10-11-20(23-14-12-21(17-26(23)36-7)28(34)19(2)3)18-27(33)32-25-16-22(29(31)35)13-15-24(25)30(4,5)6/h12-17,19-20,28,34H,8-11,18H2,1-7H3,(H2,31,35)(H,32,33). The number of carbonyl (C=O) groups is 2. The average Bonchev–Trinajstić information content (AvgIpc) is 2.81. The first-order valence-corrected chi connectivity index (χ1v) is 13.0. The lowest BCUT2D eigenvalue weighted by molar-refractivity contribution is -0.116. The summed E-state index contributed by atoms with van der Waals surface area (Å²) in [6, 6.07) is 11.0. The average molecular weight is 497 g/mol.